The number of halogens is 1. The van der Waals surface area contributed by atoms with Gasteiger partial charge in [-0.3, -0.25) is 4.79 Å². The fourth-order valence-electron chi connectivity index (χ4n) is 3.34. The summed E-state index contributed by atoms with van der Waals surface area (Å²) in [6, 6.07) is 17.0. The van der Waals surface area contributed by atoms with E-state index in [4.69, 9.17) is 16.3 Å². The number of carbonyl (C=O) groups excluding carboxylic acids is 1. The number of carbonyl (C=O) groups is 1. The quantitative estimate of drug-likeness (QED) is 0.431. The number of benzene rings is 2. The Morgan fingerprint density at radius 3 is 2.57 bits per heavy atom. The van der Waals surface area contributed by atoms with Crippen molar-refractivity contribution in [1.29, 1.82) is 5.26 Å². The van der Waals surface area contributed by atoms with Crippen LogP contribution in [-0.4, -0.2) is 17.6 Å². The van der Waals surface area contributed by atoms with Crippen molar-refractivity contribution in [2.45, 2.75) is 20.8 Å². The topological polar surface area (TPSA) is 67.0 Å². The zero-order valence-electron chi connectivity index (χ0n) is 17.3. The van der Waals surface area contributed by atoms with Crippen molar-refractivity contribution in [3.8, 4) is 17.5 Å². The molecule has 3 rings (SSSR count). The molecular formula is C24H22ClN3O2. The molecule has 0 aliphatic rings. The number of methoxy groups -OCH3 is 1. The van der Waals surface area contributed by atoms with E-state index in [2.05, 4.69) is 16.0 Å². The molecule has 0 saturated heterocycles. The molecular weight excluding hydrogens is 398 g/mol. The first-order chi connectivity index (χ1) is 14.3. The van der Waals surface area contributed by atoms with Crippen LogP contribution >= 0.6 is 11.6 Å². The highest BCUT2D eigenvalue weighted by Gasteiger charge is 2.14. The molecule has 1 amide bonds. The molecule has 5 nitrogen and oxygen atoms in total. The predicted molar refractivity (Wildman–Crippen MR) is 120 cm³/mol. The van der Waals surface area contributed by atoms with Crippen LogP contribution < -0.4 is 10.1 Å². The van der Waals surface area contributed by atoms with Crippen molar-refractivity contribution in [3.05, 3.63) is 81.6 Å². The number of hydrogen-bond donors (Lipinski definition) is 1. The third kappa shape index (κ3) is 4.40. The summed E-state index contributed by atoms with van der Waals surface area (Å²) in [7, 11) is 1.52. The van der Waals surface area contributed by atoms with E-state index in [0.29, 0.717) is 16.5 Å². The maximum atomic E-state index is 12.6. The molecule has 1 N–H and O–H groups in total. The summed E-state index contributed by atoms with van der Waals surface area (Å²) in [5.74, 6) is 0.00777. The minimum atomic E-state index is -0.501. The highest BCUT2D eigenvalue weighted by Crippen LogP contribution is 2.28. The smallest absolute Gasteiger partial charge is 0.266 e. The first kappa shape index (κ1) is 21.2. The maximum Gasteiger partial charge on any atom is 0.266 e. The molecule has 0 aliphatic carbocycles. The summed E-state index contributed by atoms with van der Waals surface area (Å²) in [6.45, 7) is 6.01. The number of aryl methyl sites for hydroxylation is 2. The second-order valence-corrected chi connectivity index (χ2v) is 7.38. The minimum Gasteiger partial charge on any atom is -0.495 e. The number of nitriles is 1. The van der Waals surface area contributed by atoms with Gasteiger partial charge in [0.25, 0.3) is 5.91 Å². The van der Waals surface area contributed by atoms with Gasteiger partial charge < -0.3 is 14.6 Å². The Labute approximate surface area is 181 Å². The average molecular weight is 420 g/mol. The van der Waals surface area contributed by atoms with E-state index in [1.54, 1.807) is 24.3 Å². The monoisotopic (exact) mass is 419 g/mol. The van der Waals surface area contributed by atoms with E-state index in [1.165, 1.54) is 7.11 Å². The van der Waals surface area contributed by atoms with Gasteiger partial charge >= 0.3 is 0 Å². The molecule has 2 aromatic carbocycles. The molecule has 0 saturated carbocycles. The van der Waals surface area contributed by atoms with Crippen molar-refractivity contribution >= 4 is 29.3 Å². The van der Waals surface area contributed by atoms with Crippen molar-refractivity contribution in [1.82, 2.24) is 4.57 Å². The summed E-state index contributed by atoms with van der Waals surface area (Å²) in [6.07, 6.45) is 1.61. The lowest BCUT2D eigenvalue weighted by molar-refractivity contribution is -0.112. The van der Waals surface area contributed by atoms with Crippen LogP contribution in [0.25, 0.3) is 11.8 Å². The van der Waals surface area contributed by atoms with Gasteiger partial charge in [0.1, 0.15) is 17.4 Å². The van der Waals surface area contributed by atoms with Crippen LogP contribution in [0.4, 0.5) is 5.69 Å². The van der Waals surface area contributed by atoms with Crippen molar-refractivity contribution in [2.75, 3.05) is 12.4 Å². The number of ether oxygens (including phenoxy) is 1. The Morgan fingerprint density at radius 1 is 1.17 bits per heavy atom. The van der Waals surface area contributed by atoms with Crippen LogP contribution in [0, 0.1) is 32.1 Å². The van der Waals surface area contributed by atoms with Crippen LogP contribution in [0.2, 0.25) is 5.02 Å². The van der Waals surface area contributed by atoms with Gasteiger partial charge in [0.05, 0.1) is 12.1 Å². The van der Waals surface area contributed by atoms with Crippen LogP contribution in [0.15, 0.2) is 54.1 Å². The van der Waals surface area contributed by atoms with Gasteiger partial charge in [0, 0.05) is 22.8 Å². The molecule has 0 radical (unpaired) electrons. The van der Waals surface area contributed by atoms with Crippen LogP contribution in [-0.2, 0) is 4.79 Å². The van der Waals surface area contributed by atoms with Gasteiger partial charge in [-0.05, 0) is 74.4 Å². The molecule has 0 bridgehead atoms. The molecule has 3 aromatic rings. The lowest BCUT2D eigenvalue weighted by Crippen LogP contribution is -2.13. The van der Waals surface area contributed by atoms with Crippen LogP contribution in [0.5, 0.6) is 5.75 Å². The van der Waals surface area contributed by atoms with Gasteiger partial charge in [-0.25, -0.2) is 0 Å². The highest BCUT2D eigenvalue weighted by atomic mass is 35.5. The van der Waals surface area contributed by atoms with E-state index in [-0.39, 0.29) is 5.57 Å². The molecule has 0 fully saturated rings. The second kappa shape index (κ2) is 8.89. The summed E-state index contributed by atoms with van der Waals surface area (Å²) in [4.78, 5) is 12.6. The molecule has 1 aromatic heterocycles. The summed E-state index contributed by atoms with van der Waals surface area (Å²) >= 11 is 6.11. The number of rotatable bonds is 5. The summed E-state index contributed by atoms with van der Waals surface area (Å²) < 4.78 is 7.22. The van der Waals surface area contributed by atoms with Crippen molar-refractivity contribution in [2.24, 2.45) is 0 Å². The van der Waals surface area contributed by atoms with Gasteiger partial charge in [0.15, 0.2) is 0 Å². The number of nitrogens with one attached hydrogen (secondary N) is 1. The predicted octanol–water partition coefficient (Wildman–Crippen LogP) is 5.61. The molecule has 0 aliphatic heterocycles. The summed E-state index contributed by atoms with van der Waals surface area (Å²) in [5, 5.41) is 12.6. The zero-order chi connectivity index (χ0) is 21.8. The van der Waals surface area contributed by atoms with Gasteiger partial charge in [-0.1, -0.05) is 23.7 Å². The van der Waals surface area contributed by atoms with E-state index >= 15 is 0 Å². The van der Waals surface area contributed by atoms with Gasteiger partial charge in [-0.2, -0.15) is 5.26 Å². The van der Waals surface area contributed by atoms with E-state index < -0.39 is 5.91 Å². The number of nitrogens with zero attached hydrogens (tertiary/aromatic N) is 2. The SMILES string of the molecule is COc1ccc(NC(=O)C(C#N)=Cc2cc(C)n(-c3cccc(C)c3)c2C)cc1Cl. The largest absolute Gasteiger partial charge is 0.495 e. The van der Waals surface area contributed by atoms with Crippen LogP contribution in [0.3, 0.4) is 0 Å². The summed E-state index contributed by atoms with van der Waals surface area (Å²) in [5.41, 5.74) is 5.47. The second-order valence-electron chi connectivity index (χ2n) is 6.97. The zero-order valence-corrected chi connectivity index (χ0v) is 18.0. The first-order valence-corrected chi connectivity index (χ1v) is 9.74. The molecule has 1 heterocycles. The highest BCUT2D eigenvalue weighted by molar-refractivity contribution is 6.32. The fraction of sp³-hybridized carbons (Fsp3) is 0.167. The van der Waals surface area contributed by atoms with Gasteiger partial charge in [-0.15, -0.1) is 0 Å². The van der Waals surface area contributed by atoms with E-state index in [0.717, 1.165) is 28.2 Å². The average Bonchev–Trinajstić information content (AvgIpc) is 2.99. The Balaban J connectivity index is 1.91. The van der Waals surface area contributed by atoms with Crippen LogP contribution in [0.1, 0.15) is 22.5 Å². The van der Waals surface area contributed by atoms with Crippen molar-refractivity contribution < 1.29 is 9.53 Å². The number of anilines is 1. The Hall–Kier alpha value is -3.49. The molecule has 0 spiro atoms. The number of amides is 1. The standard InChI is InChI=1S/C24H22ClN3O2/c1-15-6-5-7-21(10-15)28-16(2)11-18(17(28)3)12-19(14-26)24(29)27-20-8-9-23(30-4)22(25)13-20/h5-13H,1-4H3,(H,27,29). The normalized spacial score (nSPS) is 11.1. The molecule has 6 heteroatoms. The first-order valence-electron chi connectivity index (χ1n) is 9.36. The Morgan fingerprint density at radius 2 is 1.93 bits per heavy atom. The maximum absolute atomic E-state index is 12.6. The van der Waals surface area contributed by atoms with E-state index in [1.807, 2.05) is 51.1 Å². The van der Waals surface area contributed by atoms with Gasteiger partial charge in [0.2, 0.25) is 0 Å². The third-order valence-corrected chi connectivity index (χ3v) is 5.10. The number of aromatic nitrogens is 1. The molecule has 0 atom stereocenters. The molecule has 30 heavy (non-hydrogen) atoms. The lowest BCUT2D eigenvalue weighted by Gasteiger charge is -2.10. The minimum absolute atomic E-state index is 0.00596. The van der Waals surface area contributed by atoms with E-state index in [9.17, 15) is 10.1 Å². The third-order valence-electron chi connectivity index (χ3n) is 4.80. The van der Waals surface area contributed by atoms with Crippen molar-refractivity contribution in [3.63, 3.8) is 0 Å². The molecule has 152 valence electrons. The fourth-order valence-corrected chi connectivity index (χ4v) is 3.60. The Kier molecular flexibility index (Phi) is 6.29. The Bertz CT molecular complexity index is 1190. The lowest BCUT2D eigenvalue weighted by atomic mass is 10.1. The molecule has 0 unspecified atom stereocenters. The number of hydrogen-bond acceptors (Lipinski definition) is 3.